The molecule has 0 unspecified atom stereocenters. The molecule has 1 aliphatic heterocycles. The van der Waals surface area contributed by atoms with E-state index in [0.29, 0.717) is 50.1 Å². The number of nitrogens with two attached hydrogens (primary N) is 2. The molecule has 1 saturated heterocycles. The van der Waals surface area contributed by atoms with Gasteiger partial charge in [0.2, 0.25) is 5.91 Å². The Hall–Kier alpha value is -3.66. The van der Waals surface area contributed by atoms with Crippen LogP contribution in [0, 0.1) is 6.92 Å². The van der Waals surface area contributed by atoms with Gasteiger partial charge >= 0.3 is 0 Å². The van der Waals surface area contributed by atoms with Gasteiger partial charge in [0.25, 0.3) is 0 Å². The molecule has 3 aromatic rings. The Morgan fingerprint density at radius 2 is 1.94 bits per heavy atom. The van der Waals surface area contributed by atoms with Crippen LogP contribution < -0.4 is 11.5 Å². The van der Waals surface area contributed by atoms with Crippen LogP contribution in [0.25, 0.3) is 11.4 Å². The predicted molar refractivity (Wildman–Crippen MR) is 131 cm³/mol. The molecule has 4 N–H and O–H groups in total. The first-order chi connectivity index (χ1) is 16.4. The highest BCUT2D eigenvalue weighted by atomic mass is 16.5. The van der Waals surface area contributed by atoms with Crippen LogP contribution in [-0.4, -0.2) is 68.3 Å². The molecule has 1 fully saturated rings. The van der Waals surface area contributed by atoms with Crippen LogP contribution >= 0.6 is 0 Å². The molecule has 2 aromatic heterocycles. The summed E-state index contributed by atoms with van der Waals surface area (Å²) in [5.74, 6) is 1.10. The number of aryl methyl sites for hydroxylation is 1. The second-order valence-electron chi connectivity index (χ2n) is 8.35. The third kappa shape index (κ3) is 4.67. The predicted octanol–water partition coefficient (Wildman–Crippen LogP) is 1.37. The maximum absolute atomic E-state index is 13.4. The van der Waals surface area contributed by atoms with Gasteiger partial charge in [-0.15, -0.1) is 0 Å². The fourth-order valence-corrected chi connectivity index (χ4v) is 4.17. The molecule has 1 aliphatic rings. The summed E-state index contributed by atoms with van der Waals surface area (Å²) in [4.78, 5) is 24.5. The Bertz CT molecular complexity index is 1180. The van der Waals surface area contributed by atoms with Gasteiger partial charge in [0.05, 0.1) is 25.0 Å². The fraction of sp³-hybridized carbons (Fsp3) is 0.417. The molecule has 3 heterocycles. The Morgan fingerprint density at radius 3 is 2.59 bits per heavy atom. The first-order valence-corrected chi connectivity index (χ1v) is 11.5. The number of hydrogen-bond donors (Lipinski definition) is 2. The number of rotatable bonds is 7. The third-order valence-corrected chi connectivity index (χ3v) is 6.20. The second kappa shape index (κ2) is 10.1. The number of amidine groups is 1. The van der Waals surface area contributed by atoms with Crippen LogP contribution in [-0.2, 0) is 29.5 Å². The quantitative estimate of drug-likeness (QED) is 0.401. The molecular formula is C24H32N8O2. The monoisotopic (exact) mass is 464 g/mol. The molecule has 4 rings (SSSR count). The number of nitrogens with zero attached hydrogens (tertiary/aromatic N) is 6. The van der Waals surface area contributed by atoms with Gasteiger partial charge in [-0.2, -0.15) is 5.10 Å². The van der Waals surface area contributed by atoms with Gasteiger partial charge in [-0.05, 0) is 19.4 Å². The van der Waals surface area contributed by atoms with Crippen LogP contribution in [0.4, 0.5) is 5.82 Å². The van der Waals surface area contributed by atoms with E-state index in [1.54, 1.807) is 15.7 Å². The normalized spacial score (nSPS) is 15.5. The van der Waals surface area contributed by atoms with Crippen molar-refractivity contribution in [2.75, 3.05) is 32.0 Å². The summed E-state index contributed by atoms with van der Waals surface area (Å²) in [5, 5.41) is 4.41. The highest BCUT2D eigenvalue weighted by Crippen LogP contribution is 2.26. The van der Waals surface area contributed by atoms with E-state index >= 15 is 0 Å². The SMILES string of the molecule is CCn1ncc(-c2nc(C(N)=N[C@H](Cc3ccccc3)C(=O)N3CCOCC3)c(N)n2C)c1C. The Balaban J connectivity index is 1.68. The standard InChI is InChI=1S/C24H32N8O2/c1-4-32-16(2)18(15-27-32)23-29-20(22(26)30(23)3)21(25)28-19(14-17-8-6-5-7-9-17)24(33)31-10-12-34-13-11-31/h5-9,15,19H,4,10-14,26H2,1-3H3,(H2,25,28)/t19-/m1/s1. The number of amides is 1. The maximum atomic E-state index is 13.4. The van der Waals surface area contributed by atoms with Crippen molar-refractivity contribution in [3.63, 3.8) is 0 Å². The van der Waals surface area contributed by atoms with E-state index in [-0.39, 0.29) is 11.7 Å². The molecule has 0 spiro atoms. The average Bonchev–Trinajstić information content (AvgIpc) is 3.37. The second-order valence-corrected chi connectivity index (χ2v) is 8.35. The number of carbonyl (C=O) groups excluding carboxylic acids is 1. The summed E-state index contributed by atoms with van der Waals surface area (Å²) in [6.07, 6.45) is 2.21. The van der Waals surface area contributed by atoms with Gasteiger partial charge < -0.3 is 25.7 Å². The average molecular weight is 465 g/mol. The maximum Gasteiger partial charge on any atom is 0.247 e. The van der Waals surface area contributed by atoms with Gasteiger partial charge in [-0.25, -0.2) is 4.98 Å². The molecule has 0 radical (unpaired) electrons. The molecule has 0 bridgehead atoms. The van der Waals surface area contributed by atoms with E-state index in [0.717, 1.165) is 23.4 Å². The summed E-state index contributed by atoms with van der Waals surface area (Å²) in [6.45, 7) is 6.89. The molecule has 10 nitrogen and oxygen atoms in total. The van der Waals surface area contributed by atoms with E-state index < -0.39 is 6.04 Å². The summed E-state index contributed by atoms with van der Waals surface area (Å²) >= 11 is 0. The first kappa shape index (κ1) is 23.5. The molecule has 0 aliphatic carbocycles. The lowest BCUT2D eigenvalue weighted by Crippen LogP contribution is -2.46. The lowest BCUT2D eigenvalue weighted by Gasteiger charge is -2.29. The number of aliphatic imine (C=N–C) groups is 1. The Labute approximate surface area is 199 Å². The summed E-state index contributed by atoms with van der Waals surface area (Å²) < 4.78 is 9.07. The Kier molecular flexibility index (Phi) is 6.97. The van der Waals surface area contributed by atoms with Gasteiger partial charge in [0.15, 0.2) is 0 Å². The number of nitrogen functional groups attached to an aromatic ring is 1. The van der Waals surface area contributed by atoms with Crippen LogP contribution in [0.1, 0.15) is 23.9 Å². The molecule has 1 atom stereocenters. The van der Waals surface area contributed by atoms with Crippen molar-refractivity contribution in [1.29, 1.82) is 0 Å². The van der Waals surface area contributed by atoms with Crippen molar-refractivity contribution in [3.8, 4) is 11.4 Å². The zero-order valence-corrected chi connectivity index (χ0v) is 19.9. The molecule has 1 aromatic carbocycles. The van der Waals surface area contributed by atoms with Gasteiger partial charge in [-0.1, -0.05) is 30.3 Å². The van der Waals surface area contributed by atoms with Gasteiger partial charge in [-0.3, -0.25) is 14.5 Å². The lowest BCUT2D eigenvalue weighted by atomic mass is 10.0. The van der Waals surface area contributed by atoms with Gasteiger partial charge in [0, 0.05) is 38.8 Å². The van der Waals surface area contributed by atoms with E-state index in [1.807, 2.05) is 55.9 Å². The summed E-state index contributed by atoms with van der Waals surface area (Å²) in [6, 6.07) is 9.11. The number of morpholine rings is 1. The highest BCUT2D eigenvalue weighted by Gasteiger charge is 2.27. The third-order valence-electron chi connectivity index (χ3n) is 6.20. The zero-order chi connectivity index (χ0) is 24.2. The number of imidazole rings is 1. The zero-order valence-electron chi connectivity index (χ0n) is 19.9. The van der Waals surface area contributed by atoms with Crippen molar-refractivity contribution < 1.29 is 9.53 Å². The minimum atomic E-state index is -0.685. The molecule has 1 amide bonds. The summed E-state index contributed by atoms with van der Waals surface area (Å²) in [5.41, 5.74) is 16.0. The van der Waals surface area contributed by atoms with Crippen molar-refractivity contribution >= 4 is 17.6 Å². The van der Waals surface area contributed by atoms with E-state index in [1.165, 1.54) is 0 Å². The number of benzene rings is 1. The van der Waals surface area contributed by atoms with Gasteiger partial charge in [0.1, 0.15) is 29.2 Å². The number of carbonyl (C=O) groups is 1. The first-order valence-electron chi connectivity index (χ1n) is 11.5. The van der Waals surface area contributed by atoms with Crippen molar-refractivity contribution in [2.45, 2.75) is 32.9 Å². The van der Waals surface area contributed by atoms with Crippen LogP contribution in [0.2, 0.25) is 0 Å². The van der Waals surface area contributed by atoms with Crippen molar-refractivity contribution in [3.05, 3.63) is 53.5 Å². The van der Waals surface area contributed by atoms with Crippen LogP contribution in [0.3, 0.4) is 0 Å². The molecule has 34 heavy (non-hydrogen) atoms. The number of ether oxygens (including phenoxy) is 1. The number of aromatic nitrogens is 4. The minimum Gasteiger partial charge on any atom is -0.383 e. The lowest BCUT2D eigenvalue weighted by molar-refractivity contribution is -0.136. The number of anilines is 1. The highest BCUT2D eigenvalue weighted by molar-refractivity contribution is 6.02. The topological polar surface area (TPSA) is 130 Å². The van der Waals surface area contributed by atoms with Crippen molar-refractivity contribution in [1.82, 2.24) is 24.2 Å². The van der Waals surface area contributed by atoms with Crippen LogP contribution in [0.15, 0.2) is 41.5 Å². The van der Waals surface area contributed by atoms with E-state index in [2.05, 4.69) is 10.1 Å². The minimum absolute atomic E-state index is 0.0788. The fourth-order valence-electron chi connectivity index (χ4n) is 4.17. The molecule has 180 valence electrons. The van der Waals surface area contributed by atoms with E-state index in [9.17, 15) is 4.79 Å². The number of hydrogen-bond acceptors (Lipinski definition) is 6. The largest absolute Gasteiger partial charge is 0.383 e. The Morgan fingerprint density at radius 1 is 1.24 bits per heavy atom. The smallest absolute Gasteiger partial charge is 0.247 e. The van der Waals surface area contributed by atoms with E-state index in [4.69, 9.17) is 21.2 Å². The summed E-state index contributed by atoms with van der Waals surface area (Å²) in [7, 11) is 1.83. The molecule has 10 heteroatoms. The van der Waals surface area contributed by atoms with Crippen molar-refractivity contribution in [2.24, 2.45) is 17.8 Å². The van der Waals surface area contributed by atoms with Crippen LogP contribution in [0.5, 0.6) is 0 Å². The molecular weight excluding hydrogens is 432 g/mol. The molecule has 0 saturated carbocycles.